The number of rotatable bonds is 4. The van der Waals surface area contributed by atoms with E-state index in [-0.39, 0.29) is 0 Å². The molecule has 2 aromatic rings. The van der Waals surface area contributed by atoms with Crippen LogP contribution in [0.2, 0.25) is 5.02 Å². The molecule has 2 N–H and O–H groups in total. The zero-order valence-electron chi connectivity index (χ0n) is 9.13. The Hall–Kier alpha value is -1.48. The first-order valence-electron chi connectivity index (χ1n) is 5.30. The van der Waals surface area contributed by atoms with Crippen LogP contribution >= 0.6 is 11.6 Å². The Morgan fingerprint density at radius 1 is 1.44 bits per heavy atom. The van der Waals surface area contributed by atoms with Gasteiger partial charge in [0.1, 0.15) is 5.82 Å². The Kier molecular flexibility index (Phi) is 3.47. The number of hydrogen-bond donors (Lipinski definition) is 2. The van der Waals surface area contributed by atoms with Crippen molar-refractivity contribution in [3.8, 4) is 0 Å². The molecule has 3 nitrogen and oxygen atoms in total. The molecule has 1 aromatic heterocycles. The van der Waals surface area contributed by atoms with E-state index in [1.807, 2.05) is 30.5 Å². The van der Waals surface area contributed by atoms with Crippen molar-refractivity contribution in [2.24, 2.45) is 0 Å². The SMILES string of the molecule is CCc1cnc(CNc2cccc(Cl)c2)[nH]1. The van der Waals surface area contributed by atoms with E-state index in [1.165, 1.54) is 0 Å². The maximum atomic E-state index is 5.89. The topological polar surface area (TPSA) is 40.7 Å². The number of nitrogens with zero attached hydrogens (tertiary/aromatic N) is 1. The van der Waals surface area contributed by atoms with E-state index in [9.17, 15) is 0 Å². The van der Waals surface area contributed by atoms with Gasteiger partial charge in [0.05, 0.1) is 6.54 Å². The highest BCUT2D eigenvalue weighted by Crippen LogP contribution is 2.15. The van der Waals surface area contributed by atoms with E-state index in [1.54, 1.807) is 0 Å². The zero-order chi connectivity index (χ0) is 11.4. The Morgan fingerprint density at radius 2 is 2.31 bits per heavy atom. The van der Waals surface area contributed by atoms with E-state index in [0.29, 0.717) is 6.54 Å². The molecule has 1 heterocycles. The van der Waals surface area contributed by atoms with Crippen LogP contribution in [-0.4, -0.2) is 9.97 Å². The van der Waals surface area contributed by atoms with Crippen LogP contribution in [0.4, 0.5) is 5.69 Å². The predicted octanol–water partition coefficient (Wildman–Crippen LogP) is 3.24. The first-order chi connectivity index (χ1) is 7.78. The lowest BCUT2D eigenvalue weighted by molar-refractivity contribution is 0.971. The second-order valence-corrected chi connectivity index (χ2v) is 4.01. The van der Waals surface area contributed by atoms with Gasteiger partial charge in [0, 0.05) is 22.6 Å². The molecule has 4 heteroatoms. The maximum Gasteiger partial charge on any atom is 0.125 e. The van der Waals surface area contributed by atoms with E-state index in [4.69, 9.17) is 11.6 Å². The summed E-state index contributed by atoms with van der Waals surface area (Å²) < 4.78 is 0. The Morgan fingerprint density at radius 3 is 3.00 bits per heavy atom. The number of nitrogens with one attached hydrogen (secondary N) is 2. The van der Waals surface area contributed by atoms with Gasteiger partial charge in [-0.05, 0) is 24.6 Å². The highest BCUT2D eigenvalue weighted by atomic mass is 35.5. The van der Waals surface area contributed by atoms with Crippen molar-refractivity contribution in [1.82, 2.24) is 9.97 Å². The van der Waals surface area contributed by atoms with Crippen molar-refractivity contribution < 1.29 is 0 Å². The molecule has 0 radical (unpaired) electrons. The van der Waals surface area contributed by atoms with Gasteiger partial charge in [-0.15, -0.1) is 0 Å². The number of hydrogen-bond acceptors (Lipinski definition) is 2. The fourth-order valence-electron chi connectivity index (χ4n) is 1.46. The summed E-state index contributed by atoms with van der Waals surface area (Å²) in [5, 5.41) is 4.00. The van der Waals surface area contributed by atoms with Gasteiger partial charge in [0.25, 0.3) is 0 Å². The lowest BCUT2D eigenvalue weighted by Crippen LogP contribution is -2.01. The minimum Gasteiger partial charge on any atom is -0.378 e. The summed E-state index contributed by atoms with van der Waals surface area (Å²) in [5.41, 5.74) is 2.16. The molecule has 1 aromatic carbocycles. The predicted molar refractivity (Wildman–Crippen MR) is 66.7 cm³/mol. The zero-order valence-corrected chi connectivity index (χ0v) is 9.88. The standard InChI is InChI=1S/C12H14ClN3/c1-2-10-7-15-12(16-10)8-14-11-5-3-4-9(13)6-11/h3-7,14H,2,8H2,1H3,(H,15,16). The quantitative estimate of drug-likeness (QED) is 0.854. The van der Waals surface area contributed by atoms with Crippen LogP contribution in [0.1, 0.15) is 18.4 Å². The summed E-state index contributed by atoms with van der Waals surface area (Å²) in [6.45, 7) is 2.78. The smallest absolute Gasteiger partial charge is 0.125 e. The molecule has 0 amide bonds. The number of halogens is 1. The number of H-pyrrole nitrogens is 1. The average molecular weight is 236 g/mol. The van der Waals surface area contributed by atoms with E-state index in [0.717, 1.165) is 28.6 Å². The number of benzene rings is 1. The molecule has 16 heavy (non-hydrogen) atoms. The molecule has 0 aliphatic heterocycles. The Labute approximate surface area is 99.9 Å². The van der Waals surface area contributed by atoms with Gasteiger partial charge in [-0.25, -0.2) is 4.98 Å². The Bertz CT molecular complexity index is 465. The molecule has 0 saturated carbocycles. The highest BCUT2D eigenvalue weighted by Gasteiger charge is 1.99. The first-order valence-corrected chi connectivity index (χ1v) is 5.68. The van der Waals surface area contributed by atoms with Crippen LogP contribution in [-0.2, 0) is 13.0 Å². The minimum atomic E-state index is 0.681. The van der Waals surface area contributed by atoms with Crippen molar-refractivity contribution >= 4 is 17.3 Å². The van der Waals surface area contributed by atoms with E-state index < -0.39 is 0 Å². The number of imidazole rings is 1. The van der Waals surface area contributed by atoms with Gasteiger partial charge in [-0.3, -0.25) is 0 Å². The van der Waals surface area contributed by atoms with E-state index in [2.05, 4.69) is 22.2 Å². The minimum absolute atomic E-state index is 0.681. The maximum absolute atomic E-state index is 5.89. The molecule has 0 bridgehead atoms. The molecule has 0 unspecified atom stereocenters. The summed E-state index contributed by atoms with van der Waals surface area (Å²) in [4.78, 5) is 7.51. The van der Waals surface area contributed by atoms with Crippen LogP contribution in [0, 0.1) is 0 Å². The molecule has 2 rings (SSSR count). The second kappa shape index (κ2) is 5.03. The molecular formula is C12H14ClN3. The summed E-state index contributed by atoms with van der Waals surface area (Å²) >= 11 is 5.89. The number of aromatic amines is 1. The van der Waals surface area contributed by atoms with Crippen LogP contribution in [0.25, 0.3) is 0 Å². The van der Waals surface area contributed by atoms with Crippen LogP contribution < -0.4 is 5.32 Å². The third-order valence-electron chi connectivity index (χ3n) is 2.35. The molecule has 0 spiro atoms. The average Bonchev–Trinajstić information content (AvgIpc) is 2.74. The normalized spacial score (nSPS) is 10.4. The fourth-order valence-corrected chi connectivity index (χ4v) is 1.65. The Balaban J connectivity index is 1.96. The molecule has 0 aliphatic rings. The molecule has 0 saturated heterocycles. The number of anilines is 1. The summed E-state index contributed by atoms with van der Waals surface area (Å²) in [6.07, 6.45) is 2.85. The van der Waals surface area contributed by atoms with Gasteiger partial charge < -0.3 is 10.3 Å². The van der Waals surface area contributed by atoms with Crippen molar-refractivity contribution in [3.05, 3.63) is 47.0 Å². The van der Waals surface area contributed by atoms with Crippen LogP contribution in [0.15, 0.2) is 30.5 Å². The molecular weight excluding hydrogens is 222 g/mol. The summed E-state index contributed by atoms with van der Waals surface area (Å²) in [5.74, 6) is 0.942. The fraction of sp³-hybridized carbons (Fsp3) is 0.250. The monoisotopic (exact) mass is 235 g/mol. The van der Waals surface area contributed by atoms with Gasteiger partial charge in [0.2, 0.25) is 0 Å². The summed E-state index contributed by atoms with van der Waals surface area (Å²) in [7, 11) is 0. The molecule has 84 valence electrons. The largest absolute Gasteiger partial charge is 0.378 e. The van der Waals surface area contributed by atoms with Gasteiger partial charge in [-0.1, -0.05) is 24.6 Å². The highest BCUT2D eigenvalue weighted by molar-refractivity contribution is 6.30. The van der Waals surface area contributed by atoms with Gasteiger partial charge >= 0.3 is 0 Å². The van der Waals surface area contributed by atoms with Crippen molar-refractivity contribution in [1.29, 1.82) is 0 Å². The summed E-state index contributed by atoms with van der Waals surface area (Å²) in [6, 6.07) is 7.65. The third kappa shape index (κ3) is 2.76. The number of aryl methyl sites for hydroxylation is 1. The third-order valence-corrected chi connectivity index (χ3v) is 2.58. The lowest BCUT2D eigenvalue weighted by Gasteiger charge is -2.04. The lowest BCUT2D eigenvalue weighted by atomic mass is 10.3. The first kappa shape index (κ1) is 11.0. The van der Waals surface area contributed by atoms with Gasteiger partial charge in [0.15, 0.2) is 0 Å². The number of aromatic nitrogens is 2. The molecule has 0 aliphatic carbocycles. The second-order valence-electron chi connectivity index (χ2n) is 3.57. The van der Waals surface area contributed by atoms with Crippen molar-refractivity contribution in [3.63, 3.8) is 0 Å². The van der Waals surface area contributed by atoms with Crippen molar-refractivity contribution in [2.45, 2.75) is 19.9 Å². The van der Waals surface area contributed by atoms with Crippen LogP contribution in [0.3, 0.4) is 0 Å². The molecule has 0 atom stereocenters. The van der Waals surface area contributed by atoms with E-state index >= 15 is 0 Å². The van der Waals surface area contributed by atoms with Crippen LogP contribution in [0.5, 0.6) is 0 Å². The van der Waals surface area contributed by atoms with Gasteiger partial charge in [-0.2, -0.15) is 0 Å². The molecule has 0 fully saturated rings. The van der Waals surface area contributed by atoms with Crippen molar-refractivity contribution in [2.75, 3.05) is 5.32 Å².